The molecule has 0 aliphatic heterocycles. The summed E-state index contributed by atoms with van der Waals surface area (Å²) < 4.78 is 2.03. The van der Waals surface area contributed by atoms with Crippen molar-refractivity contribution >= 4 is 21.7 Å². The van der Waals surface area contributed by atoms with Crippen molar-refractivity contribution in [2.75, 3.05) is 0 Å². The molecule has 0 radical (unpaired) electrons. The minimum Gasteiger partial charge on any atom is -0.358 e. The Labute approximate surface area is 84.0 Å². The average Bonchev–Trinajstić information content (AvgIpc) is 2.43. The molecule has 5 nitrogen and oxygen atoms in total. The van der Waals surface area contributed by atoms with Gasteiger partial charge in [-0.15, -0.1) is 0 Å². The molecule has 0 fully saturated rings. The van der Waals surface area contributed by atoms with Crippen LogP contribution >= 0.6 is 15.9 Å². The highest BCUT2D eigenvalue weighted by Crippen LogP contribution is 2.21. The standard InChI is InChI=1S/C7H10BrN3O2/c1-2-3-4-10-5-6(8)7(9-10)11(12)13/h5H,2-4H2,1H3. The van der Waals surface area contributed by atoms with Crippen LogP contribution in [-0.2, 0) is 6.54 Å². The molecule has 0 saturated heterocycles. The van der Waals surface area contributed by atoms with Crippen LogP contribution in [0.2, 0.25) is 0 Å². The van der Waals surface area contributed by atoms with Gasteiger partial charge in [-0.3, -0.25) is 0 Å². The molecule has 0 atom stereocenters. The Bertz CT molecular complexity index is 311. The van der Waals surface area contributed by atoms with Crippen molar-refractivity contribution < 1.29 is 4.92 Å². The van der Waals surface area contributed by atoms with E-state index >= 15 is 0 Å². The van der Waals surface area contributed by atoms with E-state index in [0.29, 0.717) is 4.47 Å². The highest BCUT2D eigenvalue weighted by molar-refractivity contribution is 9.10. The smallest absolute Gasteiger partial charge is 0.358 e. The second kappa shape index (κ2) is 4.36. The SMILES string of the molecule is CCCCn1cc(Br)c([N+](=O)[O-])n1. The fraction of sp³-hybridized carbons (Fsp3) is 0.571. The van der Waals surface area contributed by atoms with Crippen LogP contribution in [0, 0.1) is 10.1 Å². The first-order valence-corrected chi connectivity index (χ1v) is 4.81. The lowest BCUT2D eigenvalue weighted by Crippen LogP contribution is -1.99. The minimum atomic E-state index is -0.494. The molecular formula is C7H10BrN3O2. The normalized spacial score (nSPS) is 10.3. The zero-order chi connectivity index (χ0) is 9.84. The number of rotatable bonds is 4. The zero-order valence-electron chi connectivity index (χ0n) is 7.23. The second-order valence-corrected chi connectivity index (χ2v) is 3.53. The quantitative estimate of drug-likeness (QED) is 0.606. The summed E-state index contributed by atoms with van der Waals surface area (Å²) in [6, 6.07) is 0. The van der Waals surface area contributed by atoms with Crippen molar-refractivity contribution in [3.8, 4) is 0 Å². The average molecular weight is 248 g/mol. The number of hydrogen-bond donors (Lipinski definition) is 0. The maximum atomic E-state index is 10.4. The Morgan fingerprint density at radius 3 is 2.92 bits per heavy atom. The molecule has 1 aromatic rings. The molecule has 0 aliphatic rings. The maximum Gasteiger partial charge on any atom is 0.404 e. The lowest BCUT2D eigenvalue weighted by atomic mass is 10.3. The molecule has 0 amide bonds. The lowest BCUT2D eigenvalue weighted by Gasteiger charge is -1.91. The van der Waals surface area contributed by atoms with Crippen LogP contribution < -0.4 is 0 Å². The van der Waals surface area contributed by atoms with E-state index in [-0.39, 0.29) is 5.82 Å². The number of nitro groups is 1. The molecular weight excluding hydrogens is 238 g/mol. The van der Waals surface area contributed by atoms with Crippen molar-refractivity contribution in [2.45, 2.75) is 26.3 Å². The van der Waals surface area contributed by atoms with Crippen molar-refractivity contribution in [1.82, 2.24) is 9.78 Å². The van der Waals surface area contributed by atoms with E-state index < -0.39 is 4.92 Å². The van der Waals surface area contributed by atoms with Gasteiger partial charge in [0.05, 0.1) is 17.8 Å². The van der Waals surface area contributed by atoms with Crippen molar-refractivity contribution in [3.05, 3.63) is 20.8 Å². The van der Waals surface area contributed by atoms with Gasteiger partial charge < -0.3 is 10.1 Å². The van der Waals surface area contributed by atoms with Gasteiger partial charge in [-0.2, -0.15) is 4.68 Å². The van der Waals surface area contributed by atoms with Crippen LogP contribution in [0.25, 0.3) is 0 Å². The third-order valence-corrected chi connectivity index (χ3v) is 2.17. The lowest BCUT2D eigenvalue weighted by molar-refractivity contribution is -0.390. The number of hydrogen-bond acceptors (Lipinski definition) is 3. The zero-order valence-corrected chi connectivity index (χ0v) is 8.82. The molecule has 72 valence electrons. The summed E-state index contributed by atoms with van der Waals surface area (Å²) in [6.45, 7) is 2.79. The number of aryl methyl sites for hydroxylation is 1. The Kier molecular flexibility index (Phi) is 3.41. The molecule has 1 rings (SSSR count). The van der Waals surface area contributed by atoms with Gasteiger partial charge in [0.1, 0.15) is 4.47 Å². The van der Waals surface area contributed by atoms with Gasteiger partial charge in [0.2, 0.25) is 0 Å². The van der Waals surface area contributed by atoms with E-state index in [0.717, 1.165) is 19.4 Å². The molecule has 0 unspecified atom stereocenters. The van der Waals surface area contributed by atoms with Crippen LogP contribution in [0.15, 0.2) is 10.7 Å². The second-order valence-electron chi connectivity index (χ2n) is 2.67. The van der Waals surface area contributed by atoms with E-state index in [4.69, 9.17) is 0 Å². The fourth-order valence-corrected chi connectivity index (χ4v) is 1.41. The van der Waals surface area contributed by atoms with Crippen LogP contribution in [0.3, 0.4) is 0 Å². The van der Waals surface area contributed by atoms with Crippen LogP contribution in [0.1, 0.15) is 19.8 Å². The number of aromatic nitrogens is 2. The largest absolute Gasteiger partial charge is 0.404 e. The summed E-state index contributed by atoms with van der Waals surface area (Å²) >= 11 is 3.08. The predicted octanol–water partition coefficient (Wildman–Crippen LogP) is 2.35. The van der Waals surface area contributed by atoms with Crippen LogP contribution in [0.5, 0.6) is 0 Å². The Morgan fingerprint density at radius 2 is 2.46 bits per heavy atom. The Balaban J connectivity index is 2.76. The highest BCUT2D eigenvalue weighted by atomic mass is 79.9. The molecule has 6 heteroatoms. The van der Waals surface area contributed by atoms with E-state index in [2.05, 4.69) is 28.0 Å². The first kappa shape index (κ1) is 10.2. The fourth-order valence-electron chi connectivity index (χ4n) is 0.945. The number of unbranched alkanes of at least 4 members (excludes halogenated alkanes) is 1. The molecule has 0 aliphatic carbocycles. The Hall–Kier alpha value is -0.910. The maximum absolute atomic E-state index is 10.4. The van der Waals surface area contributed by atoms with Gasteiger partial charge in [0.25, 0.3) is 0 Å². The summed E-state index contributed by atoms with van der Waals surface area (Å²) in [4.78, 5) is 9.92. The highest BCUT2D eigenvalue weighted by Gasteiger charge is 2.17. The van der Waals surface area contributed by atoms with Crippen LogP contribution in [-0.4, -0.2) is 14.7 Å². The first-order chi connectivity index (χ1) is 6.15. The van der Waals surface area contributed by atoms with E-state index in [9.17, 15) is 10.1 Å². The van der Waals surface area contributed by atoms with E-state index in [1.165, 1.54) is 0 Å². The number of nitrogens with zero attached hydrogens (tertiary/aromatic N) is 3. The molecule has 0 N–H and O–H groups in total. The van der Waals surface area contributed by atoms with Crippen LogP contribution in [0.4, 0.5) is 5.82 Å². The summed E-state index contributed by atoms with van der Waals surface area (Å²) in [5.74, 6) is -0.115. The summed E-state index contributed by atoms with van der Waals surface area (Å²) in [5.41, 5.74) is 0. The molecule has 1 heterocycles. The predicted molar refractivity (Wildman–Crippen MR) is 51.5 cm³/mol. The summed E-state index contributed by atoms with van der Waals surface area (Å²) in [7, 11) is 0. The molecule has 0 bridgehead atoms. The topological polar surface area (TPSA) is 61.0 Å². The van der Waals surface area contributed by atoms with E-state index in [1.54, 1.807) is 10.9 Å². The van der Waals surface area contributed by atoms with Crippen molar-refractivity contribution in [1.29, 1.82) is 0 Å². The molecule has 0 aromatic carbocycles. The third kappa shape index (κ3) is 2.51. The van der Waals surface area contributed by atoms with Crippen molar-refractivity contribution in [2.24, 2.45) is 0 Å². The van der Waals surface area contributed by atoms with Gasteiger partial charge in [-0.25, -0.2) is 0 Å². The molecule has 0 saturated carbocycles. The minimum absolute atomic E-state index is 0.115. The third-order valence-electron chi connectivity index (χ3n) is 1.61. The monoisotopic (exact) mass is 247 g/mol. The van der Waals surface area contributed by atoms with Gasteiger partial charge in [-0.05, 0) is 27.3 Å². The summed E-state index contributed by atoms with van der Waals surface area (Å²) in [6.07, 6.45) is 3.66. The first-order valence-electron chi connectivity index (χ1n) is 4.02. The number of halogens is 1. The van der Waals surface area contributed by atoms with Gasteiger partial charge in [0, 0.05) is 0 Å². The summed E-state index contributed by atoms with van der Waals surface area (Å²) in [5, 5.41) is 14.2. The molecule has 1 aromatic heterocycles. The van der Waals surface area contributed by atoms with Gasteiger partial charge in [0.15, 0.2) is 0 Å². The Morgan fingerprint density at radius 1 is 1.77 bits per heavy atom. The molecule has 13 heavy (non-hydrogen) atoms. The molecule has 0 spiro atoms. The van der Waals surface area contributed by atoms with Gasteiger partial charge >= 0.3 is 5.82 Å². The van der Waals surface area contributed by atoms with Crippen molar-refractivity contribution in [3.63, 3.8) is 0 Å². The van der Waals surface area contributed by atoms with Gasteiger partial charge in [-0.1, -0.05) is 13.3 Å². The van der Waals surface area contributed by atoms with E-state index in [1.807, 2.05) is 0 Å².